The van der Waals surface area contributed by atoms with E-state index in [2.05, 4.69) is 15.6 Å². The van der Waals surface area contributed by atoms with Crippen LogP contribution in [0.3, 0.4) is 0 Å². The Morgan fingerprint density at radius 3 is 0.965 bits per heavy atom. The lowest BCUT2D eigenvalue weighted by atomic mass is 9.99. The summed E-state index contributed by atoms with van der Waals surface area (Å²) in [7, 11) is 2.73. The van der Waals surface area contributed by atoms with Crippen LogP contribution in [0.1, 0.15) is 251 Å². The number of ether oxygens (including phenoxy) is 1. The summed E-state index contributed by atoms with van der Waals surface area (Å²) >= 11 is 5.05. The van der Waals surface area contributed by atoms with Crippen molar-refractivity contribution in [1.82, 2.24) is 15.7 Å². The second-order valence-electron chi connectivity index (χ2n) is 32.7. The molecule has 0 saturated carbocycles. The first kappa shape index (κ1) is 122. The summed E-state index contributed by atoms with van der Waals surface area (Å²) in [6.45, 7) is 20.8. The summed E-state index contributed by atoms with van der Waals surface area (Å²) in [5.41, 5.74) is 0.528. The molecule has 1 heterocycles. The molecule has 3 N–H and O–H groups in total. The molecule has 39 heteroatoms. The number of halogens is 26. The van der Waals surface area contributed by atoms with Crippen LogP contribution in [0.15, 0.2) is 193 Å². The Bertz CT molecular complexity index is 5670. The zero-order chi connectivity index (χ0) is 108. The Morgan fingerprint density at radius 2 is 0.699 bits per heavy atom. The summed E-state index contributed by atoms with van der Waals surface area (Å²) in [6.07, 6.45) is -14.6. The summed E-state index contributed by atoms with van der Waals surface area (Å²) in [4.78, 5) is 77.1. The van der Waals surface area contributed by atoms with Crippen molar-refractivity contribution >= 4 is 76.5 Å². The molecule has 0 fully saturated rings. The summed E-state index contributed by atoms with van der Waals surface area (Å²) < 4.78 is 324. The minimum atomic E-state index is -4.43. The lowest BCUT2D eigenvalue weighted by molar-refractivity contribution is -0.138. The highest BCUT2D eigenvalue weighted by Gasteiger charge is 2.38. The highest BCUT2D eigenvalue weighted by atomic mass is 35.5. The van der Waals surface area contributed by atoms with Gasteiger partial charge in [0.25, 0.3) is 11.1 Å². The van der Waals surface area contributed by atoms with Gasteiger partial charge in [-0.25, -0.2) is 32.4 Å². The molecule has 13 nitrogen and oxygen atoms in total. The van der Waals surface area contributed by atoms with Crippen LogP contribution in [-0.2, 0) is 104 Å². The van der Waals surface area contributed by atoms with Crippen molar-refractivity contribution in [3.63, 3.8) is 0 Å². The zero-order valence-corrected chi connectivity index (χ0v) is 80.3. The minimum Gasteiger partial charge on any atom is -0.478 e. The van der Waals surface area contributed by atoms with Crippen LogP contribution >= 0.6 is 11.6 Å². The number of hydrogen-bond acceptors (Lipinski definition) is 9. The predicted molar refractivity (Wildman–Crippen MR) is 496 cm³/mol. The van der Waals surface area contributed by atoms with E-state index in [1.807, 2.05) is 48.5 Å². The number of alkyl halides is 21. The van der Waals surface area contributed by atoms with E-state index in [1.54, 1.807) is 19.9 Å². The predicted octanol–water partition coefficient (Wildman–Crippen LogP) is 29.9. The Kier molecular flexibility index (Phi) is 46.7. The Morgan fingerprint density at radius 1 is 0.427 bits per heavy atom. The SMILES string of the molecule is CC1(C)COC(c2ccc(C(F)(F)F)cc2)=N1.CCCc1cc(C(F)(F)F)ccc1/C=C/C(=O)N[C@H](C)c1cc(F)c(C)c(F)c1.CCCc1cc(C(F)(F)F)ccc1/C=C/C(=O)N[C@H](C)c1cc(F)c(C)c(F)c1.CCCc1cc(C(F)(F)F)ccc1/C=C/C(=O)O.CCCc1cc(C(F)(F)F)ccc1/C=C/C(C)=O.CCCc1cc(C(F)(F)F)ccc1C(=O)N(C)OC.O=C(Cl)c1ccc(C(F)(F)F)cc1. The second kappa shape index (κ2) is 54.6. The molecule has 2 atom stereocenters. The number of benzene rings is 9. The molecule has 1 aliphatic rings. The van der Waals surface area contributed by atoms with Crippen molar-refractivity contribution in [3.05, 3.63) is 339 Å². The number of hydroxylamine groups is 2. The maximum Gasteiger partial charge on any atom is 0.416 e. The number of nitrogens with zero attached hydrogens (tertiary/aromatic N) is 2. The Balaban J connectivity index is 0.000000353. The molecule has 0 aliphatic carbocycles. The van der Waals surface area contributed by atoms with Crippen LogP contribution in [0.25, 0.3) is 24.3 Å². The fourth-order valence-corrected chi connectivity index (χ4v) is 13.1. The van der Waals surface area contributed by atoms with Crippen molar-refractivity contribution in [2.75, 3.05) is 20.8 Å². The number of carboxylic acids is 1. The van der Waals surface area contributed by atoms with E-state index in [0.717, 1.165) is 139 Å². The number of rotatable bonds is 26. The van der Waals surface area contributed by atoms with Gasteiger partial charge in [-0.15, -0.1) is 0 Å². The monoisotopic (exact) mass is 2060 g/mol. The molecular weight excluding hydrogens is 1960 g/mol. The first-order chi connectivity index (χ1) is 66.2. The largest absolute Gasteiger partial charge is 0.478 e. The van der Waals surface area contributed by atoms with Gasteiger partial charge in [-0.2, -0.15) is 92.2 Å². The third kappa shape index (κ3) is 40.8. The smallest absolute Gasteiger partial charge is 0.416 e. The first-order valence-electron chi connectivity index (χ1n) is 43.8. The van der Waals surface area contributed by atoms with Crippen molar-refractivity contribution < 1.29 is 153 Å². The van der Waals surface area contributed by atoms with E-state index in [1.165, 1.54) is 114 Å². The lowest BCUT2D eigenvalue weighted by Crippen LogP contribution is -2.26. The number of aliphatic carboxylic acids is 1. The fraction of sp³-hybridized carbons (Fsp3) is 0.337. The van der Waals surface area contributed by atoms with Gasteiger partial charge in [-0.1, -0.05) is 97.1 Å². The highest BCUT2D eigenvalue weighted by molar-refractivity contribution is 6.67. The lowest BCUT2D eigenvalue weighted by Gasteiger charge is -2.17. The van der Waals surface area contributed by atoms with Crippen molar-refractivity contribution in [2.24, 2.45) is 4.99 Å². The molecule has 9 aromatic carbocycles. The van der Waals surface area contributed by atoms with Gasteiger partial charge in [0.2, 0.25) is 17.7 Å². The van der Waals surface area contributed by atoms with Crippen LogP contribution in [0.2, 0.25) is 0 Å². The topological polar surface area (TPSA) is 181 Å². The van der Waals surface area contributed by atoms with Crippen molar-refractivity contribution in [2.45, 2.75) is 208 Å². The third-order valence-electron chi connectivity index (χ3n) is 20.6. The van der Waals surface area contributed by atoms with Gasteiger partial charge in [0.15, 0.2) is 5.78 Å². The second-order valence-corrected chi connectivity index (χ2v) is 33.0. The van der Waals surface area contributed by atoms with Gasteiger partial charge in [-0.3, -0.25) is 28.8 Å². The molecule has 0 unspecified atom stereocenters. The van der Waals surface area contributed by atoms with Crippen LogP contribution in [0.5, 0.6) is 0 Å². The molecule has 0 radical (unpaired) electrons. The molecular formula is C104H104ClF25N4O9. The van der Waals surface area contributed by atoms with Crippen LogP contribution in [0.4, 0.5) is 110 Å². The molecule has 0 aromatic heterocycles. The molecule has 143 heavy (non-hydrogen) atoms. The van der Waals surface area contributed by atoms with Gasteiger partial charge in [0.05, 0.1) is 63.7 Å². The normalized spacial score (nSPS) is 13.1. The van der Waals surface area contributed by atoms with Gasteiger partial charge < -0.3 is 20.5 Å². The first-order valence-corrected chi connectivity index (χ1v) is 44.2. The van der Waals surface area contributed by atoms with E-state index in [9.17, 15) is 139 Å². The maximum absolute atomic E-state index is 13.7. The number of aliphatic imine (C=N–C) groups is 1. The summed E-state index contributed by atoms with van der Waals surface area (Å²) in [5, 5.41) is 13.9. The number of nitrogens with one attached hydrogen (secondary N) is 2. The highest BCUT2D eigenvalue weighted by Crippen LogP contribution is 2.39. The fourth-order valence-electron chi connectivity index (χ4n) is 13.0. The number of carboxylic acid groups (broad SMARTS) is 1. The van der Waals surface area contributed by atoms with Gasteiger partial charge >= 0.3 is 49.2 Å². The molecule has 0 spiro atoms. The number of ketones is 1. The van der Waals surface area contributed by atoms with E-state index >= 15 is 0 Å². The van der Waals surface area contributed by atoms with E-state index < -0.39 is 146 Å². The average Bonchev–Trinajstić information content (AvgIpc) is 1.70. The standard InChI is InChI=1S/2C22H22F5NO.C14H15F3O.C13H16F3NO2.C13H13F3O2.C12H12F3NO.C8H4ClF3O/c2*1-4-5-16-10-18(22(25,26)27)8-6-15(16)7-9-21(29)28-14(3)17-11-19(23)13(2)20(24)12-17;1-3-4-12-9-13(14(15,16)17)8-7-11(12)6-5-10(2)18;1-4-5-9-8-10(13(14,15)16)6-7-11(9)12(18)17(2)19-3;1-2-3-10-8-11(13(14,15)16)6-4-9(10)5-7-12(17)18;1-11(2)7-17-10(16-11)8-3-5-9(6-4-8)12(13,14)15;9-7(13)5-1-3-6(4-2-5)8(10,11)12/h2*6-12,14H,4-5H2,1-3H3,(H,28,29);5-9H,3-4H2,1-2H3;6-8H,4-5H2,1-3H3;4-8H,2-3H2,1H3,(H,17,18);3-6H,7H2,1-2H3;1-4H/b2*9-7+;6-5+;;7-5+;;/t2*14-;;;;;/m11...../s1. The zero-order valence-electron chi connectivity index (χ0n) is 79.6. The summed E-state index contributed by atoms with van der Waals surface area (Å²) in [5.74, 6) is -5.17. The van der Waals surface area contributed by atoms with Crippen LogP contribution in [-0.4, -0.2) is 77.1 Å². The van der Waals surface area contributed by atoms with Crippen LogP contribution in [0, 0.1) is 37.1 Å². The number of aryl methyl sites for hydroxylation is 5. The number of carbonyl (C=O) groups excluding carboxylic acids is 5. The van der Waals surface area contributed by atoms with E-state index in [-0.39, 0.29) is 44.7 Å². The van der Waals surface area contributed by atoms with E-state index in [4.69, 9.17) is 26.3 Å². The molecule has 1 aliphatic heterocycles. The minimum absolute atomic E-state index is 0.0506. The molecule has 0 saturated heterocycles. The van der Waals surface area contributed by atoms with Gasteiger partial charge in [0, 0.05) is 53.1 Å². The average molecular weight is 2060 g/mol. The molecule has 0 bridgehead atoms. The maximum atomic E-state index is 13.7. The number of allylic oxidation sites excluding steroid dienone is 1. The number of amides is 3. The van der Waals surface area contributed by atoms with Crippen LogP contribution < -0.4 is 10.6 Å². The Labute approximate surface area is 815 Å². The molecule has 10 rings (SSSR count). The summed E-state index contributed by atoms with van der Waals surface area (Å²) in [6, 6.07) is 28.7. The van der Waals surface area contributed by atoms with E-state index in [0.29, 0.717) is 126 Å². The van der Waals surface area contributed by atoms with Crippen molar-refractivity contribution in [1.29, 1.82) is 0 Å². The molecule has 776 valence electrons. The number of hydrogen-bond donors (Lipinski definition) is 3. The quantitative estimate of drug-likeness (QED) is 0.0206. The molecule has 3 amide bonds. The van der Waals surface area contributed by atoms with Gasteiger partial charge in [-0.05, 0) is 317 Å². The Hall–Kier alpha value is -12.9. The number of carbonyl (C=O) groups is 6. The van der Waals surface area contributed by atoms with Gasteiger partial charge in [0.1, 0.15) is 29.9 Å². The van der Waals surface area contributed by atoms with Crippen molar-refractivity contribution in [3.8, 4) is 0 Å². The third-order valence-corrected chi connectivity index (χ3v) is 20.8. The molecule has 9 aromatic rings.